The quantitative estimate of drug-likeness (QED) is 0.567. The van der Waals surface area contributed by atoms with Crippen LogP contribution in [0.25, 0.3) is 0 Å². The number of thioether (sulfide) groups is 1. The Morgan fingerprint density at radius 3 is 2.61 bits per heavy atom. The van der Waals surface area contributed by atoms with Crippen LogP contribution in [-0.2, 0) is 0 Å². The van der Waals surface area contributed by atoms with E-state index in [0.29, 0.717) is 5.17 Å². The van der Waals surface area contributed by atoms with Gasteiger partial charge in [0, 0.05) is 23.4 Å². The number of rotatable bonds is 5. The number of amides is 1. The minimum absolute atomic E-state index is 0.00391. The van der Waals surface area contributed by atoms with Crippen LogP contribution in [0.3, 0.4) is 0 Å². The number of unbranched alkanes of at least 4 members (excludes halogenated alkanes) is 1. The summed E-state index contributed by atoms with van der Waals surface area (Å²) in [5.74, 6) is -1.41. The molecule has 0 radical (unpaired) electrons. The van der Waals surface area contributed by atoms with E-state index in [1.165, 1.54) is 17.8 Å². The lowest BCUT2D eigenvalue weighted by Gasteiger charge is -2.25. The van der Waals surface area contributed by atoms with Gasteiger partial charge >= 0.3 is 6.36 Å². The summed E-state index contributed by atoms with van der Waals surface area (Å²) in [4.78, 5) is 18.9. The van der Waals surface area contributed by atoms with Crippen LogP contribution in [0.2, 0.25) is 5.02 Å². The van der Waals surface area contributed by atoms with E-state index < -0.39 is 18.0 Å². The second-order valence-electron chi connectivity index (χ2n) is 7.66. The molecule has 0 aliphatic carbocycles. The molecule has 0 saturated carbocycles. The molecule has 0 bridgehead atoms. The lowest BCUT2D eigenvalue weighted by molar-refractivity contribution is -0.274. The maximum atomic E-state index is 12.7. The summed E-state index contributed by atoms with van der Waals surface area (Å²) in [5, 5.41) is 0.880. The first-order valence-corrected chi connectivity index (χ1v) is 10.3. The van der Waals surface area contributed by atoms with Crippen LogP contribution in [0.15, 0.2) is 23.2 Å². The Labute approximate surface area is 172 Å². The predicted octanol–water partition coefficient (Wildman–Crippen LogP) is 6.00. The van der Waals surface area contributed by atoms with Crippen molar-refractivity contribution in [3.05, 3.63) is 28.8 Å². The van der Waals surface area contributed by atoms with E-state index in [1.54, 1.807) is 0 Å². The highest BCUT2D eigenvalue weighted by Gasteiger charge is 2.37. The zero-order valence-electron chi connectivity index (χ0n) is 16.3. The lowest BCUT2D eigenvalue weighted by atomic mass is 9.91. The number of hydrogen-bond donors (Lipinski definition) is 0. The summed E-state index contributed by atoms with van der Waals surface area (Å²) >= 11 is 7.36. The molecule has 4 nitrogen and oxygen atoms in total. The molecule has 1 aromatic carbocycles. The molecule has 1 atom stereocenters. The van der Waals surface area contributed by atoms with Crippen molar-refractivity contribution in [1.82, 2.24) is 4.90 Å². The average molecular weight is 437 g/mol. The molecule has 9 heteroatoms. The second-order valence-corrected chi connectivity index (χ2v) is 9.27. The SMILES string of the molecule is CCCCN1CC(C(C)(C)C)SC1=NC(=O)c1cc(Cl)ccc1OC(F)(F)F. The fourth-order valence-corrected chi connectivity index (χ4v) is 4.12. The number of hydrogen-bond acceptors (Lipinski definition) is 3. The van der Waals surface area contributed by atoms with Gasteiger partial charge in [-0.3, -0.25) is 4.79 Å². The second kappa shape index (κ2) is 8.95. The third-order valence-electron chi connectivity index (χ3n) is 4.25. The first kappa shape index (κ1) is 22.9. The van der Waals surface area contributed by atoms with E-state index in [-0.39, 0.29) is 21.3 Å². The van der Waals surface area contributed by atoms with E-state index in [0.717, 1.165) is 38.1 Å². The molecule has 28 heavy (non-hydrogen) atoms. The molecule has 0 N–H and O–H groups in total. The van der Waals surface area contributed by atoms with Gasteiger partial charge in [0.1, 0.15) is 5.75 Å². The highest BCUT2D eigenvalue weighted by atomic mass is 35.5. The number of aliphatic imine (C=N–C) groups is 1. The number of alkyl halides is 3. The number of carbonyl (C=O) groups is 1. The summed E-state index contributed by atoms with van der Waals surface area (Å²) in [6, 6.07) is 3.41. The molecule has 1 aromatic rings. The first-order chi connectivity index (χ1) is 12.9. The normalized spacial score (nSPS) is 19.4. The Bertz CT molecular complexity index is 748. The highest BCUT2D eigenvalue weighted by molar-refractivity contribution is 8.14. The Morgan fingerprint density at radius 1 is 1.36 bits per heavy atom. The van der Waals surface area contributed by atoms with Crippen molar-refractivity contribution in [3.8, 4) is 5.75 Å². The number of benzene rings is 1. The van der Waals surface area contributed by atoms with Gasteiger partial charge in [-0.05, 0) is 30.0 Å². The number of amidine groups is 1. The van der Waals surface area contributed by atoms with Crippen molar-refractivity contribution in [3.63, 3.8) is 0 Å². The molecule has 1 saturated heterocycles. The van der Waals surface area contributed by atoms with Crippen molar-refractivity contribution in [2.24, 2.45) is 10.4 Å². The van der Waals surface area contributed by atoms with E-state index in [2.05, 4.69) is 37.4 Å². The smallest absolute Gasteiger partial charge is 0.405 e. The summed E-state index contributed by atoms with van der Waals surface area (Å²) in [7, 11) is 0. The Kier molecular flexibility index (Phi) is 7.31. The molecule has 1 aliphatic rings. The van der Waals surface area contributed by atoms with Crippen molar-refractivity contribution in [2.75, 3.05) is 13.1 Å². The molecule has 1 amide bonds. The standard InChI is InChI=1S/C19H24ClF3N2O2S/c1-5-6-9-25-11-15(18(2,3)4)28-17(25)24-16(26)13-10-12(20)7-8-14(13)27-19(21,22)23/h7-8,10,15H,5-6,9,11H2,1-4H3. The van der Waals surface area contributed by atoms with Crippen molar-refractivity contribution in [2.45, 2.75) is 52.1 Å². The van der Waals surface area contributed by atoms with Gasteiger partial charge in [-0.15, -0.1) is 13.2 Å². The predicted molar refractivity (Wildman–Crippen MR) is 107 cm³/mol. The number of nitrogens with zero attached hydrogens (tertiary/aromatic N) is 2. The van der Waals surface area contributed by atoms with Crippen LogP contribution >= 0.6 is 23.4 Å². The zero-order chi connectivity index (χ0) is 21.1. The minimum atomic E-state index is -4.91. The van der Waals surface area contributed by atoms with Crippen LogP contribution in [-0.4, -0.2) is 40.7 Å². The molecule has 1 heterocycles. The lowest BCUT2D eigenvalue weighted by Crippen LogP contribution is -2.31. The number of ether oxygens (including phenoxy) is 1. The van der Waals surface area contributed by atoms with Crippen LogP contribution in [0.5, 0.6) is 5.75 Å². The van der Waals surface area contributed by atoms with Gasteiger partial charge in [0.25, 0.3) is 5.91 Å². The number of halogens is 4. The summed E-state index contributed by atoms with van der Waals surface area (Å²) in [6.45, 7) is 9.88. The molecule has 156 valence electrons. The van der Waals surface area contributed by atoms with Gasteiger partial charge in [0.15, 0.2) is 5.17 Å². The maximum Gasteiger partial charge on any atom is 0.573 e. The molecular weight excluding hydrogens is 413 g/mol. The highest BCUT2D eigenvalue weighted by Crippen LogP contribution is 2.38. The van der Waals surface area contributed by atoms with Crippen LogP contribution in [0.4, 0.5) is 13.2 Å². The molecule has 1 unspecified atom stereocenters. The molecule has 1 aliphatic heterocycles. The van der Waals surface area contributed by atoms with Crippen molar-refractivity contribution in [1.29, 1.82) is 0 Å². The van der Waals surface area contributed by atoms with Crippen molar-refractivity contribution < 1.29 is 22.7 Å². The largest absolute Gasteiger partial charge is 0.573 e. The fourth-order valence-electron chi connectivity index (χ4n) is 2.63. The molecule has 1 fully saturated rings. The van der Waals surface area contributed by atoms with Crippen molar-refractivity contribution >= 4 is 34.4 Å². The van der Waals surface area contributed by atoms with Gasteiger partial charge < -0.3 is 9.64 Å². The van der Waals surface area contributed by atoms with Crippen LogP contribution in [0.1, 0.15) is 50.9 Å². The van der Waals surface area contributed by atoms with Gasteiger partial charge in [-0.2, -0.15) is 4.99 Å². The Morgan fingerprint density at radius 2 is 2.04 bits per heavy atom. The number of carbonyl (C=O) groups excluding carboxylic acids is 1. The summed E-state index contributed by atoms with van der Waals surface area (Å²) < 4.78 is 41.9. The van der Waals surface area contributed by atoms with Gasteiger partial charge in [-0.25, -0.2) is 0 Å². The minimum Gasteiger partial charge on any atom is -0.405 e. The fraction of sp³-hybridized carbons (Fsp3) is 0.579. The molecule has 2 rings (SSSR count). The zero-order valence-corrected chi connectivity index (χ0v) is 17.8. The molecule has 0 aromatic heterocycles. The average Bonchev–Trinajstić information content (AvgIpc) is 2.96. The van der Waals surface area contributed by atoms with Gasteiger partial charge in [0.05, 0.1) is 5.56 Å². The molecule has 0 spiro atoms. The Hall–Kier alpha value is -1.41. The topological polar surface area (TPSA) is 41.9 Å². The third kappa shape index (κ3) is 6.30. The van der Waals surface area contributed by atoms with Gasteiger partial charge in [-0.1, -0.05) is 57.5 Å². The monoisotopic (exact) mass is 436 g/mol. The summed E-state index contributed by atoms with van der Waals surface area (Å²) in [5.41, 5.74) is -0.316. The Balaban J connectivity index is 2.34. The van der Waals surface area contributed by atoms with E-state index in [4.69, 9.17) is 11.6 Å². The van der Waals surface area contributed by atoms with E-state index >= 15 is 0 Å². The first-order valence-electron chi connectivity index (χ1n) is 9.00. The van der Waals surface area contributed by atoms with E-state index in [1.807, 2.05) is 4.90 Å². The van der Waals surface area contributed by atoms with Gasteiger partial charge in [0.2, 0.25) is 0 Å². The summed E-state index contributed by atoms with van der Waals surface area (Å²) in [6.07, 6.45) is -2.99. The van der Waals surface area contributed by atoms with Crippen LogP contribution in [0, 0.1) is 5.41 Å². The molecular formula is C19H24ClF3N2O2S. The van der Waals surface area contributed by atoms with Crippen LogP contribution < -0.4 is 4.74 Å². The third-order valence-corrected chi connectivity index (χ3v) is 6.18. The van der Waals surface area contributed by atoms with E-state index in [9.17, 15) is 18.0 Å². The maximum absolute atomic E-state index is 12.7.